The quantitative estimate of drug-likeness (QED) is 0.780. The molecule has 1 heterocycles. The highest BCUT2D eigenvalue weighted by Crippen LogP contribution is 2.19. The van der Waals surface area contributed by atoms with Gasteiger partial charge in [0.2, 0.25) is 11.8 Å². The maximum absolute atomic E-state index is 12.4. The molecule has 0 radical (unpaired) electrons. The molecule has 2 N–H and O–H groups in total. The first kappa shape index (κ1) is 19.7. The summed E-state index contributed by atoms with van der Waals surface area (Å²) in [4.78, 5) is 26.6. The number of carbonyl (C=O) groups excluding carboxylic acids is 2. The first-order valence-corrected chi connectivity index (χ1v) is 9.43. The second-order valence-corrected chi connectivity index (χ2v) is 7.06. The van der Waals surface area contributed by atoms with Crippen molar-refractivity contribution in [3.8, 4) is 0 Å². The third-order valence-corrected chi connectivity index (χ3v) is 5.01. The minimum Gasteiger partial charge on any atom is -0.356 e. The Morgan fingerprint density at radius 1 is 1.20 bits per heavy atom. The van der Waals surface area contributed by atoms with Crippen LogP contribution in [-0.2, 0) is 16.1 Å². The number of rotatable bonds is 7. The average molecular weight is 366 g/mol. The van der Waals surface area contributed by atoms with Gasteiger partial charge in [0.25, 0.3) is 0 Å². The molecule has 5 nitrogen and oxygen atoms in total. The van der Waals surface area contributed by atoms with Crippen LogP contribution in [0.5, 0.6) is 0 Å². The summed E-state index contributed by atoms with van der Waals surface area (Å²) in [6.45, 7) is 6.76. The maximum Gasteiger partial charge on any atom is 0.237 e. The molecular formula is C19H28ClN3O2. The SMILES string of the molecule is CCCNC(=O)C1CCN(C(C)C(=O)NCc2ccc(Cl)cc2)CC1. The second kappa shape index (κ2) is 9.78. The first-order chi connectivity index (χ1) is 12.0. The van der Waals surface area contributed by atoms with E-state index in [0.29, 0.717) is 11.6 Å². The van der Waals surface area contributed by atoms with Crippen molar-refractivity contribution in [2.45, 2.75) is 45.7 Å². The summed E-state index contributed by atoms with van der Waals surface area (Å²) < 4.78 is 0. The van der Waals surface area contributed by atoms with Crippen LogP contribution >= 0.6 is 11.6 Å². The maximum atomic E-state index is 12.4. The average Bonchev–Trinajstić information content (AvgIpc) is 2.65. The van der Waals surface area contributed by atoms with E-state index in [1.807, 2.05) is 38.1 Å². The largest absolute Gasteiger partial charge is 0.356 e. The van der Waals surface area contributed by atoms with E-state index in [0.717, 1.165) is 44.5 Å². The Bertz CT molecular complexity index is 569. The molecule has 2 rings (SSSR count). The van der Waals surface area contributed by atoms with Gasteiger partial charge in [-0.05, 0) is 57.0 Å². The summed E-state index contributed by atoms with van der Waals surface area (Å²) in [6, 6.07) is 7.27. The number of piperidine rings is 1. The van der Waals surface area contributed by atoms with E-state index in [2.05, 4.69) is 15.5 Å². The molecule has 0 aromatic heterocycles. The Balaban J connectivity index is 1.75. The summed E-state index contributed by atoms with van der Waals surface area (Å²) in [5.41, 5.74) is 1.02. The molecule has 1 atom stereocenters. The van der Waals surface area contributed by atoms with Gasteiger partial charge in [0.05, 0.1) is 6.04 Å². The summed E-state index contributed by atoms with van der Waals surface area (Å²) in [5, 5.41) is 6.63. The molecule has 138 valence electrons. The second-order valence-electron chi connectivity index (χ2n) is 6.62. The third kappa shape index (κ3) is 6.01. The van der Waals surface area contributed by atoms with Gasteiger partial charge in [-0.1, -0.05) is 30.7 Å². The molecule has 0 saturated carbocycles. The summed E-state index contributed by atoms with van der Waals surface area (Å²) in [6.07, 6.45) is 2.57. The number of nitrogens with zero attached hydrogens (tertiary/aromatic N) is 1. The molecule has 1 unspecified atom stereocenters. The third-order valence-electron chi connectivity index (χ3n) is 4.76. The van der Waals surface area contributed by atoms with Crippen LogP contribution in [0.15, 0.2) is 24.3 Å². The van der Waals surface area contributed by atoms with Gasteiger partial charge in [0.15, 0.2) is 0 Å². The summed E-state index contributed by atoms with van der Waals surface area (Å²) in [5.74, 6) is 0.248. The number of halogens is 1. The lowest BCUT2D eigenvalue weighted by atomic mass is 9.95. The number of amides is 2. The van der Waals surface area contributed by atoms with Crippen LogP contribution in [-0.4, -0.2) is 42.4 Å². The zero-order valence-electron chi connectivity index (χ0n) is 15.1. The van der Waals surface area contributed by atoms with E-state index in [4.69, 9.17) is 11.6 Å². The zero-order chi connectivity index (χ0) is 18.2. The zero-order valence-corrected chi connectivity index (χ0v) is 15.8. The molecule has 25 heavy (non-hydrogen) atoms. The van der Waals surface area contributed by atoms with Crippen LogP contribution in [0.2, 0.25) is 5.02 Å². The Hall–Kier alpha value is -1.59. The molecular weight excluding hydrogens is 338 g/mol. The van der Waals surface area contributed by atoms with Crippen molar-refractivity contribution in [2.24, 2.45) is 5.92 Å². The van der Waals surface area contributed by atoms with Crippen molar-refractivity contribution in [1.82, 2.24) is 15.5 Å². The van der Waals surface area contributed by atoms with Crippen LogP contribution in [0.1, 0.15) is 38.7 Å². The van der Waals surface area contributed by atoms with Crippen LogP contribution in [0.4, 0.5) is 0 Å². The van der Waals surface area contributed by atoms with Crippen LogP contribution < -0.4 is 10.6 Å². The van der Waals surface area contributed by atoms with E-state index in [9.17, 15) is 9.59 Å². The summed E-state index contributed by atoms with van der Waals surface area (Å²) in [7, 11) is 0. The Morgan fingerprint density at radius 2 is 1.84 bits per heavy atom. The molecule has 0 aliphatic carbocycles. The van der Waals surface area contributed by atoms with Gasteiger partial charge in [-0.25, -0.2) is 0 Å². The van der Waals surface area contributed by atoms with Crippen LogP contribution in [0, 0.1) is 5.92 Å². The Labute approximate surface area is 155 Å². The molecule has 1 fully saturated rings. The van der Waals surface area contributed by atoms with E-state index in [1.165, 1.54) is 0 Å². The fraction of sp³-hybridized carbons (Fsp3) is 0.579. The van der Waals surface area contributed by atoms with Gasteiger partial charge >= 0.3 is 0 Å². The lowest BCUT2D eigenvalue weighted by molar-refractivity contribution is -0.128. The molecule has 1 saturated heterocycles. The van der Waals surface area contributed by atoms with E-state index in [-0.39, 0.29) is 23.8 Å². The van der Waals surface area contributed by atoms with Crippen LogP contribution in [0.3, 0.4) is 0 Å². The summed E-state index contributed by atoms with van der Waals surface area (Å²) >= 11 is 5.87. The Morgan fingerprint density at radius 3 is 2.44 bits per heavy atom. The van der Waals surface area contributed by atoms with E-state index in [1.54, 1.807) is 0 Å². The highest BCUT2D eigenvalue weighted by atomic mass is 35.5. The van der Waals surface area contributed by atoms with Gasteiger partial charge in [0, 0.05) is 24.0 Å². The number of likely N-dealkylation sites (tertiary alicyclic amines) is 1. The fourth-order valence-electron chi connectivity index (χ4n) is 3.05. The highest BCUT2D eigenvalue weighted by Gasteiger charge is 2.29. The minimum absolute atomic E-state index is 0.0174. The van der Waals surface area contributed by atoms with E-state index < -0.39 is 0 Å². The van der Waals surface area contributed by atoms with E-state index >= 15 is 0 Å². The number of benzene rings is 1. The number of carbonyl (C=O) groups is 2. The molecule has 2 amide bonds. The van der Waals surface area contributed by atoms with Gasteiger partial charge in [-0.15, -0.1) is 0 Å². The monoisotopic (exact) mass is 365 g/mol. The fourth-order valence-corrected chi connectivity index (χ4v) is 3.17. The van der Waals surface area contributed by atoms with Crippen molar-refractivity contribution in [3.63, 3.8) is 0 Å². The Kier molecular flexibility index (Phi) is 7.72. The number of nitrogens with one attached hydrogen (secondary N) is 2. The molecule has 1 aliphatic rings. The highest BCUT2D eigenvalue weighted by molar-refractivity contribution is 6.30. The van der Waals surface area contributed by atoms with Crippen molar-refractivity contribution in [3.05, 3.63) is 34.9 Å². The predicted molar refractivity (Wildman–Crippen MR) is 100 cm³/mol. The standard InChI is InChI=1S/C19H28ClN3O2/c1-3-10-21-19(25)16-8-11-23(12-9-16)14(2)18(24)22-13-15-4-6-17(20)7-5-15/h4-7,14,16H,3,8-13H2,1-2H3,(H,21,25)(H,22,24). The molecule has 1 aromatic carbocycles. The normalized spacial score (nSPS) is 17.1. The van der Waals surface area contributed by atoms with Gasteiger partial charge in [-0.2, -0.15) is 0 Å². The number of hydrogen-bond acceptors (Lipinski definition) is 3. The van der Waals surface area contributed by atoms with Crippen molar-refractivity contribution < 1.29 is 9.59 Å². The topological polar surface area (TPSA) is 61.4 Å². The molecule has 0 bridgehead atoms. The van der Waals surface area contributed by atoms with Crippen molar-refractivity contribution >= 4 is 23.4 Å². The van der Waals surface area contributed by atoms with Gasteiger partial charge in [0.1, 0.15) is 0 Å². The smallest absolute Gasteiger partial charge is 0.237 e. The van der Waals surface area contributed by atoms with Crippen molar-refractivity contribution in [2.75, 3.05) is 19.6 Å². The first-order valence-electron chi connectivity index (χ1n) is 9.05. The van der Waals surface area contributed by atoms with Gasteiger partial charge < -0.3 is 10.6 Å². The van der Waals surface area contributed by atoms with Crippen LogP contribution in [0.25, 0.3) is 0 Å². The molecule has 6 heteroatoms. The minimum atomic E-state index is -0.188. The molecule has 1 aromatic rings. The molecule has 1 aliphatic heterocycles. The van der Waals surface area contributed by atoms with Crippen molar-refractivity contribution in [1.29, 1.82) is 0 Å². The predicted octanol–water partition coefficient (Wildman–Crippen LogP) is 2.58. The molecule has 0 spiro atoms. The number of hydrogen-bond donors (Lipinski definition) is 2. The van der Waals surface area contributed by atoms with Gasteiger partial charge in [-0.3, -0.25) is 14.5 Å². The lowest BCUT2D eigenvalue weighted by Gasteiger charge is -2.34. The lowest BCUT2D eigenvalue weighted by Crippen LogP contribution is -2.49.